The summed E-state index contributed by atoms with van der Waals surface area (Å²) in [7, 11) is 0. The second-order valence-corrected chi connectivity index (χ2v) is 11.5. The number of rotatable bonds is 9. The molecule has 1 aliphatic heterocycles. The fraction of sp³-hybridized carbons (Fsp3) is 0.161. The Labute approximate surface area is 268 Å². The number of carbonyl (C=O) groups is 2. The van der Waals surface area contributed by atoms with Gasteiger partial charge in [-0.05, 0) is 48.9 Å². The van der Waals surface area contributed by atoms with E-state index < -0.39 is 36.0 Å². The maximum Gasteiger partial charge on any atom is 0.586 e. The lowest BCUT2D eigenvalue weighted by Crippen LogP contribution is -2.42. The van der Waals surface area contributed by atoms with E-state index in [0.29, 0.717) is 20.9 Å². The van der Waals surface area contributed by atoms with Crippen LogP contribution in [0.5, 0.6) is 17.2 Å². The van der Waals surface area contributed by atoms with Crippen molar-refractivity contribution in [2.45, 2.75) is 18.8 Å². The maximum atomic E-state index is 13.9. The Kier molecular flexibility index (Phi) is 7.88. The topological polar surface area (TPSA) is 172 Å². The number of ether oxygens (including phenoxy) is 3. The Morgan fingerprint density at radius 2 is 1.87 bits per heavy atom. The van der Waals surface area contributed by atoms with Crippen LogP contribution < -0.4 is 31.0 Å². The molecule has 0 saturated heterocycles. The zero-order chi connectivity index (χ0) is 32.8. The first-order chi connectivity index (χ1) is 21.9. The van der Waals surface area contributed by atoms with Gasteiger partial charge in [-0.1, -0.05) is 53.3 Å². The molecule has 236 valence electrons. The molecule has 3 aromatic carbocycles. The highest BCUT2D eigenvalue weighted by Crippen LogP contribution is 2.50. The van der Waals surface area contributed by atoms with Crippen molar-refractivity contribution in [2.24, 2.45) is 5.73 Å². The second kappa shape index (κ2) is 11.7. The highest BCUT2D eigenvalue weighted by atomic mass is 35.5. The van der Waals surface area contributed by atoms with E-state index in [9.17, 15) is 23.5 Å². The van der Waals surface area contributed by atoms with Crippen LogP contribution in [0, 0.1) is 0 Å². The maximum absolute atomic E-state index is 13.9. The van der Waals surface area contributed by atoms with E-state index in [1.807, 2.05) is 0 Å². The minimum absolute atomic E-state index is 0.0195. The molecule has 1 atom stereocenters. The summed E-state index contributed by atoms with van der Waals surface area (Å²) in [4.78, 5) is 35.0. The molecule has 15 heteroatoms. The number of hydrogen-bond donors (Lipinski definition) is 4. The van der Waals surface area contributed by atoms with Gasteiger partial charge in [0, 0.05) is 11.1 Å². The van der Waals surface area contributed by atoms with E-state index in [1.54, 1.807) is 55.5 Å². The molecular formula is C31H24ClF2N5O6S. The number of halogens is 3. The van der Waals surface area contributed by atoms with Gasteiger partial charge in [0.15, 0.2) is 22.4 Å². The number of benzene rings is 3. The molecule has 2 amide bonds. The molecule has 6 N–H and O–H groups in total. The molecule has 0 spiro atoms. The van der Waals surface area contributed by atoms with Crippen LogP contribution in [0.15, 0.2) is 66.7 Å². The van der Waals surface area contributed by atoms with Crippen LogP contribution >= 0.6 is 22.9 Å². The third-order valence-electron chi connectivity index (χ3n) is 7.14. The molecule has 1 aliphatic rings. The number of thiazole rings is 1. The molecule has 6 rings (SSSR count). The normalized spacial score (nSPS) is 14.5. The third kappa shape index (κ3) is 5.62. The van der Waals surface area contributed by atoms with E-state index in [0.717, 1.165) is 0 Å². The van der Waals surface area contributed by atoms with Gasteiger partial charge in [-0.15, -0.1) is 8.78 Å². The predicted octanol–water partition coefficient (Wildman–Crippen LogP) is 5.08. The number of nitrogens with one attached hydrogen (secondary N) is 1. The molecule has 46 heavy (non-hydrogen) atoms. The van der Waals surface area contributed by atoms with Gasteiger partial charge in [-0.25, -0.2) is 9.97 Å². The van der Waals surface area contributed by atoms with Crippen LogP contribution in [-0.2, 0) is 5.60 Å². The molecule has 5 aromatic rings. The summed E-state index contributed by atoms with van der Waals surface area (Å²) in [5, 5.41) is 15.1. The van der Waals surface area contributed by atoms with E-state index in [4.69, 9.17) is 27.8 Å². The van der Waals surface area contributed by atoms with Gasteiger partial charge in [-0.2, -0.15) is 0 Å². The van der Waals surface area contributed by atoms with Crippen LogP contribution in [0.2, 0.25) is 5.02 Å². The first kappa shape index (κ1) is 31.0. The quantitative estimate of drug-likeness (QED) is 0.167. The van der Waals surface area contributed by atoms with Crippen molar-refractivity contribution >= 4 is 50.1 Å². The van der Waals surface area contributed by atoms with E-state index in [2.05, 4.69) is 24.8 Å². The number of aliphatic hydroxyl groups is 1. The lowest BCUT2D eigenvalue weighted by molar-refractivity contribution is -0.286. The summed E-state index contributed by atoms with van der Waals surface area (Å²) in [5.41, 5.74) is 10.3. The molecule has 3 heterocycles. The fourth-order valence-corrected chi connectivity index (χ4v) is 6.07. The van der Waals surface area contributed by atoms with Gasteiger partial charge in [0.1, 0.15) is 11.3 Å². The molecule has 0 radical (unpaired) electrons. The fourth-order valence-electron chi connectivity index (χ4n) is 5.01. The number of hydrogen-bond acceptors (Lipinski definition) is 10. The van der Waals surface area contributed by atoms with Crippen LogP contribution in [0.4, 0.5) is 13.9 Å². The van der Waals surface area contributed by atoms with Gasteiger partial charge in [0.05, 0.1) is 39.6 Å². The number of pyridine rings is 1. The Balaban J connectivity index is 1.48. The van der Waals surface area contributed by atoms with Gasteiger partial charge in [0.25, 0.3) is 11.8 Å². The Morgan fingerprint density at radius 1 is 1.11 bits per heavy atom. The van der Waals surface area contributed by atoms with E-state index in [1.165, 1.54) is 29.5 Å². The van der Waals surface area contributed by atoms with Crippen LogP contribution in [0.25, 0.3) is 21.5 Å². The summed E-state index contributed by atoms with van der Waals surface area (Å²) >= 11 is 7.76. The number of amides is 2. The number of nitrogens with zero attached hydrogens (tertiary/aromatic N) is 2. The number of carbonyl (C=O) groups excluding carboxylic acids is 2. The molecular weight excluding hydrogens is 644 g/mol. The minimum Gasteiger partial charge on any atom is -0.491 e. The summed E-state index contributed by atoms with van der Waals surface area (Å²) in [6, 6.07) is 16.9. The number of aromatic nitrogens is 2. The molecule has 0 saturated carbocycles. The monoisotopic (exact) mass is 667 g/mol. The van der Waals surface area contributed by atoms with Crippen LogP contribution in [0.1, 0.15) is 38.9 Å². The smallest absolute Gasteiger partial charge is 0.491 e. The van der Waals surface area contributed by atoms with Crippen molar-refractivity contribution in [3.8, 4) is 28.5 Å². The van der Waals surface area contributed by atoms with E-state index in [-0.39, 0.29) is 51.2 Å². The Bertz CT molecular complexity index is 2010. The molecule has 0 fully saturated rings. The summed E-state index contributed by atoms with van der Waals surface area (Å²) < 4.78 is 43.4. The van der Waals surface area contributed by atoms with Gasteiger partial charge in [-0.3, -0.25) is 9.59 Å². The summed E-state index contributed by atoms with van der Waals surface area (Å²) in [5.74, 6) is -2.34. The number of nitrogen functional groups attached to an aromatic ring is 1. The lowest BCUT2D eigenvalue weighted by atomic mass is 9.88. The van der Waals surface area contributed by atoms with Gasteiger partial charge < -0.3 is 36.1 Å². The Morgan fingerprint density at radius 3 is 2.59 bits per heavy atom. The number of primary amides is 1. The van der Waals surface area contributed by atoms with Crippen molar-refractivity contribution < 1.29 is 37.7 Å². The molecule has 0 bridgehead atoms. The number of anilines is 1. The SMILES string of the molecule is CCOc1c(C(N)=O)cc([C@@](O)(CNC(=O)c2ccc3nc(N)sc3c2)c2ccccc2)nc1-c1ccc2c(c1Cl)OC(F)(F)O2. The summed E-state index contributed by atoms with van der Waals surface area (Å²) in [6.45, 7) is 1.29. The van der Waals surface area contributed by atoms with Crippen molar-refractivity contribution in [3.63, 3.8) is 0 Å². The first-order valence-electron chi connectivity index (χ1n) is 13.7. The Hall–Kier alpha value is -5.05. The number of alkyl halides is 2. The first-order valence-corrected chi connectivity index (χ1v) is 14.9. The lowest BCUT2D eigenvalue weighted by Gasteiger charge is -2.30. The largest absolute Gasteiger partial charge is 0.586 e. The van der Waals surface area contributed by atoms with Crippen molar-refractivity contribution in [2.75, 3.05) is 18.9 Å². The molecule has 2 aromatic heterocycles. The standard InChI is InChI=1S/C31H24ClF2N5O6S/c1-2-43-25-18(27(35)40)13-22(39-24(25)17-9-11-20-26(23(17)32)45-31(33,34)44-20)30(42,16-6-4-3-5-7-16)14-37-28(41)15-8-10-19-21(12-15)46-29(36)38-19/h3-13,42H,2,14H2,1H3,(H2,35,40)(H2,36,38)(H,37,41)/t30-/m1/s1. The highest BCUT2D eigenvalue weighted by molar-refractivity contribution is 7.22. The van der Waals surface area contributed by atoms with Crippen molar-refractivity contribution in [1.29, 1.82) is 0 Å². The van der Waals surface area contributed by atoms with Crippen molar-refractivity contribution in [1.82, 2.24) is 15.3 Å². The van der Waals surface area contributed by atoms with Gasteiger partial charge >= 0.3 is 6.29 Å². The summed E-state index contributed by atoms with van der Waals surface area (Å²) in [6.07, 6.45) is -3.95. The number of fused-ring (bicyclic) bond motifs is 2. The highest BCUT2D eigenvalue weighted by Gasteiger charge is 2.45. The molecule has 0 unspecified atom stereocenters. The molecule has 0 aliphatic carbocycles. The van der Waals surface area contributed by atoms with Gasteiger partial charge in [0.2, 0.25) is 0 Å². The average molecular weight is 668 g/mol. The third-order valence-corrected chi connectivity index (χ3v) is 8.36. The minimum atomic E-state index is -3.95. The second-order valence-electron chi connectivity index (χ2n) is 10.1. The number of nitrogens with two attached hydrogens (primary N) is 2. The molecule has 11 nitrogen and oxygen atoms in total. The van der Waals surface area contributed by atoms with Crippen molar-refractivity contribution in [3.05, 3.63) is 94.1 Å². The van der Waals surface area contributed by atoms with Crippen LogP contribution in [0.3, 0.4) is 0 Å². The van der Waals surface area contributed by atoms with E-state index >= 15 is 0 Å². The zero-order valence-corrected chi connectivity index (χ0v) is 25.4. The average Bonchev–Trinajstić information content (AvgIpc) is 3.57. The predicted molar refractivity (Wildman–Crippen MR) is 166 cm³/mol. The zero-order valence-electron chi connectivity index (χ0n) is 23.8. The van der Waals surface area contributed by atoms with Crippen LogP contribution in [-0.4, -0.2) is 46.3 Å².